The van der Waals surface area contributed by atoms with Crippen molar-refractivity contribution in [1.29, 1.82) is 0 Å². The van der Waals surface area contributed by atoms with Crippen LogP contribution < -0.4 is 0 Å². The summed E-state index contributed by atoms with van der Waals surface area (Å²) in [5.41, 5.74) is 0.979. The van der Waals surface area contributed by atoms with E-state index in [4.69, 9.17) is 9.47 Å². The fraction of sp³-hybridized carbons (Fsp3) is 1.00. The predicted octanol–water partition coefficient (Wildman–Crippen LogP) is 3.99. The van der Waals surface area contributed by atoms with E-state index in [0.717, 1.165) is 11.8 Å². The number of ether oxygens (including phenoxy) is 2. The van der Waals surface area contributed by atoms with E-state index >= 15 is 0 Å². The molecule has 4 rings (SSSR count). The summed E-state index contributed by atoms with van der Waals surface area (Å²) in [6, 6.07) is 0. The second-order valence-electron chi connectivity index (χ2n) is 8.74. The summed E-state index contributed by atoms with van der Waals surface area (Å²) in [5, 5.41) is 0. The minimum atomic E-state index is -0.371. The van der Waals surface area contributed by atoms with Crippen molar-refractivity contribution >= 4 is 0 Å². The lowest BCUT2D eigenvalue weighted by Crippen LogP contribution is -2.42. The number of hydrogen-bond donors (Lipinski definition) is 0. The topological polar surface area (TPSA) is 18.5 Å². The Balaban J connectivity index is 1.77. The van der Waals surface area contributed by atoms with Crippen LogP contribution >= 0.6 is 0 Å². The molecule has 0 aromatic rings. The van der Waals surface area contributed by atoms with Gasteiger partial charge < -0.3 is 9.47 Å². The van der Waals surface area contributed by atoms with Gasteiger partial charge in [0.05, 0.1) is 12.2 Å². The molecule has 1 heterocycles. The van der Waals surface area contributed by atoms with Crippen LogP contribution in [0.1, 0.15) is 60.3 Å². The maximum Gasteiger partial charge on any atom is 0.163 e. The van der Waals surface area contributed by atoms with E-state index in [9.17, 15) is 0 Å². The van der Waals surface area contributed by atoms with Crippen molar-refractivity contribution < 1.29 is 9.47 Å². The Labute approximate surface area is 117 Å². The third kappa shape index (κ3) is 1.40. The molecule has 4 fully saturated rings. The molecule has 2 bridgehead atoms. The minimum Gasteiger partial charge on any atom is -0.345 e. The highest BCUT2D eigenvalue weighted by molar-refractivity contribution is 5.17. The van der Waals surface area contributed by atoms with Gasteiger partial charge in [0, 0.05) is 0 Å². The molecule has 1 spiro atoms. The van der Waals surface area contributed by atoms with Crippen LogP contribution in [0, 0.1) is 28.6 Å². The van der Waals surface area contributed by atoms with E-state index in [-0.39, 0.29) is 5.79 Å². The second-order valence-corrected chi connectivity index (χ2v) is 8.74. The maximum atomic E-state index is 6.29. The molecule has 0 radical (unpaired) electrons. The first-order valence-electron chi connectivity index (χ1n) is 8.12. The minimum absolute atomic E-state index is 0.341. The first-order chi connectivity index (χ1) is 8.76. The summed E-state index contributed by atoms with van der Waals surface area (Å²) in [6.45, 7) is 11.6. The third-order valence-corrected chi connectivity index (χ3v) is 7.22. The molecule has 0 aromatic carbocycles. The third-order valence-electron chi connectivity index (χ3n) is 7.22. The molecule has 3 saturated carbocycles. The van der Waals surface area contributed by atoms with Gasteiger partial charge in [-0.25, -0.2) is 0 Å². The zero-order valence-electron chi connectivity index (χ0n) is 13.0. The monoisotopic (exact) mass is 264 g/mol. The smallest absolute Gasteiger partial charge is 0.163 e. The summed E-state index contributed by atoms with van der Waals surface area (Å²) >= 11 is 0. The largest absolute Gasteiger partial charge is 0.345 e. The predicted molar refractivity (Wildman–Crippen MR) is 74.7 cm³/mol. The first-order valence-corrected chi connectivity index (χ1v) is 8.12. The van der Waals surface area contributed by atoms with Crippen LogP contribution in [-0.4, -0.2) is 18.0 Å². The fourth-order valence-corrected chi connectivity index (χ4v) is 6.43. The van der Waals surface area contributed by atoms with Crippen molar-refractivity contribution in [3.63, 3.8) is 0 Å². The van der Waals surface area contributed by atoms with Gasteiger partial charge in [-0.15, -0.1) is 0 Å². The molecule has 1 aliphatic heterocycles. The Bertz CT molecular complexity index is 413. The lowest BCUT2D eigenvalue weighted by molar-refractivity contribution is -0.155. The van der Waals surface area contributed by atoms with Gasteiger partial charge in [0.1, 0.15) is 0 Å². The SMILES string of the molecule is C[C@@H]1CC[C@H]2C(C)(C)[C@H]3C[C@@]12C[C@@H]1OC(C)(C)O[C@@H]13. The Morgan fingerprint density at radius 2 is 1.68 bits per heavy atom. The van der Waals surface area contributed by atoms with Crippen LogP contribution in [0.4, 0.5) is 0 Å². The highest BCUT2D eigenvalue weighted by Gasteiger charge is 2.69. The van der Waals surface area contributed by atoms with E-state index in [0.29, 0.717) is 29.0 Å². The van der Waals surface area contributed by atoms with Crippen LogP contribution in [0.3, 0.4) is 0 Å². The zero-order valence-corrected chi connectivity index (χ0v) is 13.0. The molecule has 0 amide bonds. The highest BCUT2D eigenvalue weighted by atomic mass is 16.8. The Morgan fingerprint density at radius 3 is 2.42 bits per heavy atom. The number of fused-ring (bicyclic) bond motifs is 3. The van der Waals surface area contributed by atoms with Gasteiger partial charge in [0.25, 0.3) is 0 Å². The molecule has 2 heteroatoms. The molecule has 6 atom stereocenters. The quantitative estimate of drug-likeness (QED) is 0.658. The molecule has 2 nitrogen and oxygen atoms in total. The molecule has 0 N–H and O–H groups in total. The lowest BCUT2D eigenvalue weighted by atomic mass is 9.66. The van der Waals surface area contributed by atoms with Crippen LogP contribution in [0.5, 0.6) is 0 Å². The maximum absolute atomic E-state index is 6.29. The zero-order chi connectivity index (χ0) is 13.6. The van der Waals surface area contributed by atoms with E-state index in [1.807, 2.05) is 0 Å². The van der Waals surface area contributed by atoms with E-state index in [1.165, 1.54) is 25.7 Å². The van der Waals surface area contributed by atoms with Gasteiger partial charge in [-0.2, -0.15) is 0 Å². The average molecular weight is 264 g/mol. The summed E-state index contributed by atoms with van der Waals surface area (Å²) in [6.07, 6.45) is 6.15. The highest BCUT2D eigenvalue weighted by Crippen LogP contribution is 2.72. The molecule has 0 aromatic heterocycles. The fourth-order valence-electron chi connectivity index (χ4n) is 6.43. The van der Waals surface area contributed by atoms with Crippen molar-refractivity contribution in [2.45, 2.75) is 78.3 Å². The molecule has 3 aliphatic carbocycles. The van der Waals surface area contributed by atoms with Crippen LogP contribution in [0.25, 0.3) is 0 Å². The Hall–Kier alpha value is -0.0800. The van der Waals surface area contributed by atoms with Crippen LogP contribution in [0.15, 0.2) is 0 Å². The summed E-state index contributed by atoms with van der Waals surface area (Å²) in [4.78, 5) is 0. The van der Waals surface area contributed by atoms with E-state index in [1.54, 1.807) is 0 Å². The van der Waals surface area contributed by atoms with E-state index in [2.05, 4.69) is 34.6 Å². The summed E-state index contributed by atoms with van der Waals surface area (Å²) < 4.78 is 12.5. The van der Waals surface area contributed by atoms with Gasteiger partial charge >= 0.3 is 0 Å². The first kappa shape index (κ1) is 12.6. The van der Waals surface area contributed by atoms with Crippen molar-refractivity contribution in [2.24, 2.45) is 28.6 Å². The molecular formula is C17H28O2. The van der Waals surface area contributed by atoms with Crippen molar-refractivity contribution in [3.05, 3.63) is 0 Å². The number of rotatable bonds is 0. The van der Waals surface area contributed by atoms with Gasteiger partial charge in [0.2, 0.25) is 0 Å². The summed E-state index contributed by atoms with van der Waals surface area (Å²) in [5.74, 6) is 2.08. The molecule has 0 unspecified atom stereocenters. The average Bonchev–Trinajstić information content (AvgIpc) is 2.81. The number of hydrogen-bond acceptors (Lipinski definition) is 2. The summed E-state index contributed by atoms with van der Waals surface area (Å²) in [7, 11) is 0. The molecule has 19 heavy (non-hydrogen) atoms. The lowest BCUT2D eigenvalue weighted by Gasteiger charge is -2.41. The second kappa shape index (κ2) is 3.39. The standard InChI is InChI=1S/C17H28O2/c1-10-6-7-13-15(2,3)11-8-17(10,13)9-12-14(11)19-16(4,5)18-12/h10-14H,6-9H2,1-5H3/t10-,11+,12+,13+,14-,17-/m1/s1. The van der Waals surface area contributed by atoms with Crippen molar-refractivity contribution in [3.8, 4) is 0 Å². The van der Waals surface area contributed by atoms with Crippen molar-refractivity contribution in [2.75, 3.05) is 0 Å². The van der Waals surface area contributed by atoms with Crippen molar-refractivity contribution in [1.82, 2.24) is 0 Å². The van der Waals surface area contributed by atoms with Gasteiger partial charge in [-0.05, 0) is 68.1 Å². The molecule has 1 saturated heterocycles. The Morgan fingerprint density at radius 1 is 0.947 bits per heavy atom. The van der Waals surface area contributed by atoms with Gasteiger partial charge in [0.15, 0.2) is 5.79 Å². The van der Waals surface area contributed by atoms with Crippen LogP contribution in [-0.2, 0) is 9.47 Å². The molecular weight excluding hydrogens is 236 g/mol. The van der Waals surface area contributed by atoms with Gasteiger partial charge in [-0.1, -0.05) is 20.8 Å². The van der Waals surface area contributed by atoms with Gasteiger partial charge in [-0.3, -0.25) is 0 Å². The van der Waals surface area contributed by atoms with Crippen LogP contribution in [0.2, 0.25) is 0 Å². The van der Waals surface area contributed by atoms with E-state index < -0.39 is 0 Å². The normalized spacial score (nSPS) is 57.0. The molecule has 4 aliphatic rings. The Kier molecular flexibility index (Phi) is 2.25. The molecule has 108 valence electrons.